The lowest BCUT2D eigenvalue weighted by molar-refractivity contribution is -0.135. The Balaban J connectivity index is 1.72. The van der Waals surface area contributed by atoms with E-state index in [1.165, 1.54) is 12.1 Å². The molecule has 1 aliphatic rings. The highest BCUT2D eigenvalue weighted by atomic mass is 19.1. The fourth-order valence-electron chi connectivity index (χ4n) is 2.24. The van der Waals surface area contributed by atoms with Crippen molar-refractivity contribution in [2.75, 3.05) is 32.8 Å². The molecule has 0 aliphatic carbocycles. The minimum Gasteiger partial charge on any atom is -0.378 e. The van der Waals surface area contributed by atoms with Gasteiger partial charge in [0.05, 0.1) is 13.2 Å². The van der Waals surface area contributed by atoms with Gasteiger partial charge in [-0.25, -0.2) is 4.39 Å². The number of carbonyl (C=O) groups is 1. The summed E-state index contributed by atoms with van der Waals surface area (Å²) in [6.07, 6.45) is 0.478. The van der Waals surface area contributed by atoms with E-state index in [1.807, 2.05) is 11.8 Å². The first-order chi connectivity index (χ1) is 9.66. The monoisotopic (exact) mass is 280 g/mol. The van der Waals surface area contributed by atoms with Crippen LogP contribution in [0.1, 0.15) is 24.9 Å². The molecule has 1 heterocycles. The van der Waals surface area contributed by atoms with Crippen molar-refractivity contribution < 1.29 is 13.9 Å². The molecule has 1 amide bonds. The van der Waals surface area contributed by atoms with Gasteiger partial charge in [0.25, 0.3) is 0 Å². The van der Waals surface area contributed by atoms with Gasteiger partial charge in [-0.2, -0.15) is 0 Å². The zero-order valence-corrected chi connectivity index (χ0v) is 11.8. The lowest BCUT2D eigenvalue weighted by atomic mass is 10.1. The number of nitrogens with one attached hydrogen (secondary N) is 1. The number of amides is 1. The maximum absolute atomic E-state index is 12.8. The topological polar surface area (TPSA) is 41.6 Å². The van der Waals surface area contributed by atoms with E-state index in [2.05, 4.69) is 5.32 Å². The van der Waals surface area contributed by atoms with E-state index in [-0.39, 0.29) is 17.8 Å². The highest BCUT2D eigenvalue weighted by Gasteiger charge is 2.16. The molecule has 0 bridgehead atoms. The van der Waals surface area contributed by atoms with Crippen LogP contribution in [0.15, 0.2) is 24.3 Å². The maximum atomic E-state index is 12.8. The fraction of sp³-hybridized carbons (Fsp3) is 0.533. The molecule has 0 aromatic heterocycles. The average molecular weight is 280 g/mol. The van der Waals surface area contributed by atoms with Crippen LogP contribution in [0, 0.1) is 5.82 Å². The Morgan fingerprint density at radius 2 is 2.00 bits per heavy atom. The Labute approximate surface area is 118 Å². The first kappa shape index (κ1) is 14.9. The Bertz CT molecular complexity index is 430. The standard InChI is InChI=1S/C15H21FN2O2/c1-12(13-2-4-14(16)5-3-13)17-7-6-15(19)18-8-10-20-11-9-18/h2-5,12,17H,6-11H2,1H3. The zero-order valence-electron chi connectivity index (χ0n) is 11.8. The van der Waals surface area contributed by atoms with E-state index in [4.69, 9.17) is 4.74 Å². The summed E-state index contributed by atoms with van der Waals surface area (Å²) in [5.74, 6) is -0.0736. The molecular formula is C15H21FN2O2. The van der Waals surface area contributed by atoms with Crippen LogP contribution < -0.4 is 5.32 Å². The molecule has 0 saturated carbocycles. The smallest absolute Gasteiger partial charge is 0.224 e. The number of ether oxygens (including phenoxy) is 1. The highest BCUT2D eigenvalue weighted by Crippen LogP contribution is 2.12. The van der Waals surface area contributed by atoms with E-state index < -0.39 is 0 Å². The summed E-state index contributed by atoms with van der Waals surface area (Å²) in [4.78, 5) is 13.8. The second kappa shape index (κ2) is 7.36. The molecule has 1 N–H and O–H groups in total. The Kier molecular flexibility index (Phi) is 5.49. The van der Waals surface area contributed by atoms with Crippen LogP contribution >= 0.6 is 0 Å². The van der Waals surface area contributed by atoms with Crippen LogP contribution in [0.2, 0.25) is 0 Å². The summed E-state index contributed by atoms with van der Waals surface area (Å²) in [7, 11) is 0. The second-order valence-electron chi connectivity index (χ2n) is 4.97. The van der Waals surface area contributed by atoms with Crippen molar-refractivity contribution in [3.8, 4) is 0 Å². The molecule has 0 radical (unpaired) electrons. The van der Waals surface area contributed by atoms with Crippen LogP contribution in [-0.2, 0) is 9.53 Å². The summed E-state index contributed by atoms with van der Waals surface area (Å²) < 4.78 is 18.1. The van der Waals surface area contributed by atoms with Crippen LogP contribution in [0.25, 0.3) is 0 Å². The number of morpholine rings is 1. The minimum atomic E-state index is -0.233. The van der Waals surface area contributed by atoms with Gasteiger partial charge in [0.15, 0.2) is 0 Å². The first-order valence-electron chi connectivity index (χ1n) is 7.01. The zero-order chi connectivity index (χ0) is 14.4. The first-order valence-corrected chi connectivity index (χ1v) is 7.01. The third-order valence-corrected chi connectivity index (χ3v) is 3.52. The molecule has 1 atom stereocenters. The van der Waals surface area contributed by atoms with Gasteiger partial charge in [0, 0.05) is 32.1 Å². The quantitative estimate of drug-likeness (QED) is 0.893. The molecule has 1 fully saturated rings. The predicted octanol–water partition coefficient (Wildman–Crippen LogP) is 1.73. The van der Waals surface area contributed by atoms with Gasteiger partial charge >= 0.3 is 0 Å². The number of benzene rings is 1. The molecule has 0 spiro atoms. The third-order valence-electron chi connectivity index (χ3n) is 3.52. The summed E-state index contributed by atoms with van der Waals surface area (Å²) in [6, 6.07) is 6.53. The molecule has 4 nitrogen and oxygen atoms in total. The minimum absolute atomic E-state index is 0.105. The summed E-state index contributed by atoms with van der Waals surface area (Å²) in [5.41, 5.74) is 1.02. The molecule has 20 heavy (non-hydrogen) atoms. The average Bonchev–Trinajstić information content (AvgIpc) is 2.48. The second-order valence-corrected chi connectivity index (χ2v) is 4.97. The van der Waals surface area contributed by atoms with Gasteiger partial charge in [0.1, 0.15) is 5.82 Å². The van der Waals surface area contributed by atoms with Crippen molar-refractivity contribution in [3.63, 3.8) is 0 Å². The molecule has 110 valence electrons. The number of halogens is 1. The predicted molar refractivity (Wildman–Crippen MR) is 74.8 cm³/mol. The largest absolute Gasteiger partial charge is 0.378 e. The van der Waals surface area contributed by atoms with E-state index in [0.29, 0.717) is 39.3 Å². The third kappa shape index (κ3) is 4.28. The number of carbonyl (C=O) groups excluding carboxylic acids is 1. The fourth-order valence-corrected chi connectivity index (χ4v) is 2.24. The van der Waals surface area contributed by atoms with Crippen molar-refractivity contribution >= 4 is 5.91 Å². The molecule has 1 aliphatic heterocycles. The molecular weight excluding hydrogens is 259 g/mol. The van der Waals surface area contributed by atoms with Crippen molar-refractivity contribution in [2.45, 2.75) is 19.4 Å². The number of nitrogens with zero attached hydrogens (tertiary/aromatic N) is 1. The Morgan fingerprint density at radius 1 is 1.35 bits per heavy atom. The van der Waals surface area contributed by atoms with Crippen LogP contribution in [0.3, 0.4) is 0 Å². The maximum Gasteiger partial charge on any atom is 0.224 e. The van der Waals surface area contributed by atoms with Gasteiger partial charge in [-0.05, 0) is 24.6 Å². The van der Waals surface area contributed by atoms with Crippen LogP contribution in [-0.4, -0.2) is 43.7 Å². The SMILES string of the molecule is CC(NCCC(=O)N1CCOCC1)c1ccc(F)cc1. The molecule has 1 aromatic carbocycles. The van der Waals surface area contributed by atoms with Crippen molar-refractivity contribution in [1.82, 2.24) is 10.2 Å². The van der Waals surface area contributed by atoms with Crippen molar-refractivity contribution in [3.05, 3.63) is 35.6 Å². The van der Waals surface area contributed by atoms with E-state index in [1.54, 1.807) is 12.1 Å². The van der Waals surface area contributed by atoms with Gasteiger partial charge in [-0.15, -0.1) is 0 Å². The Morgan fingerprint density at radius 3 is 2.65 bits per heavy atom. The van der Waals surface area contributed by atoms with Crippen molar-refractivity contribution in [1.29, 1.82) is 0 Å². The normalized spacial score (nSPS) is 17.0. The highest BCUT2D eigenvalue weighted by molar-refractivity contribution is 5.76. The number of hydrogen-bond donors (Lipinski definition) is 1. The summed E-state index contributed by atoms with van der Waals surface area (Å²) in [6.45, 7) is 5.26. The summed E-state index contributed by atoms with van der Waals surface area (Å²) >= 11 is 0. The van der Waals surface area contributed by atoms with Gasteiger partial charge < -0.3 is 15.0 Å². The van der Waals surface area contributed by atoms with Gasteiger partial charge in [-0.3, -0.25) is 4.79 Å². The Hall–Kier alpha value is -1.46. The van der Waals surface area contributed by atoms with Crippen LogP contribution in [0.4, 0.5) is 4.39 Å². The van der Waals surface area contributed by atoms with Gasteiger partial charge in [0.2, 0.25) is 5.91 Å². The molecule has 1 aromatic rings. The molecule has 1 unspecified atom stereocenters. The molecule has 1 saturated heterocycles. The molecule has 2 rings (SSSR count). The molecule has 5 heteroatoms. The van der Waals surface area contributed by atoms with Crippen molar-refractivity contribution in [2.24, 2.45) is 0 Å². The van der Waals surface area contributed by atoms with E-state index >= 15 is 0 Å². The summed E-state index contributed by atoms with van der Waals surface area (Å²) in [5, 5.41) is 3.29. The van der Waals surface area contributed by atoms with Crippen LogP contribution in [0.5, 0.6) is 0 Å². The van der Waals surface area contributed by atoms with E-state index in [0.717, 1.165) is 5.56 Å². The lowest BCUT2D eigenvalue weighted by Gasteiger charge is -2.27. The number of rotatable bonds is 5. The van der Waals surface area contributed by atoms with Gasteiger partial charge in [-0.1, -0.05) is 12.1 Å². The number of hydrogen-bond acceptors (Lipinski definition) is 3. The lowest BCUT2D eigenvalue weighted by Crippen LogP contribution is -2.41. The van der Waals surface area contributed by atoms with E-state index in [9.17, 15) is 9.18 Å².